The van der Waals surface area contributed by atoms with Crippen LogP contribution >= 0.6 is 0 Å². The number of carboxylic acids is 1. The molecule has 4 nitrogen and oxygen atoms in total. The van der Waals surface area contributed by atoms with E-state index in [0.717, 1.165) is 16.5 Å². The molecule has 0 radical (unpaired) electrons. The Morgan fingerprint density at radius 3 is 2.45 bits per heavy atom. The lowest BCUT2D eigenvalue weighted by atomic mass is 10.0. The molecule has 3 aromatic rings. The van der Waals surface area contributed by atoms with Crippen molar-refractivity contribution in [1.82, 2.24) is 4.98 Å². The average Bonchev–Trinajstić information content (AvgIpc) is 2.47. The molecular formula is C16H11NO3. The number of fused-ring (bicyclic) bond motifs is 1. The number of hydrogen-bond acceptors (Lipinski definition) is 3. The number of nitrogens with zero attached hydrogens (tertiary/aromatic N) is 1. The fraction of sp³-hybridized carbons (Fsp3) is 0. The topological polar surface area (TPSA) is 70.4 Å². The van der Waals surface area contributed by atoms with E-state index in [9.17, 15) is 9.90 Å². The molecule has 0 aliphatic heterocycles. The highest BCUT2D eigenvalue weighted by Gasteiger charge is 2.07. The van der Waals surface area contributed by atoms with Gasteiger partial charge in [-0.2, -0.15) is 0 Å². The number of pyridine rings is 1. The predicted octanol–water partition coefficient (Wildman–Crippen LogP) is 3.31. The zero-order chi connectivity index (χ0) is 14.1. The van der Waals surface area contributed by atoms with Gasteiger partial charge in [0.2, 0.25) is 0 Å². The van der Waals surface area contributed by atoms with E-state index in [1.165, 1.54) is 0 Å². The number of benzene rings is 2. The van der Waals surface area contributed by atoms with E-state index in [1.54, 1.807) is 42.6 Å². The number of hydrogen-bond donors (Lipinski definition) is 2. The fourth-order valence-electron chi connectivity index (χ4n) is 2.15. The van der Waals surface area contributed by atoms with Crippen LogP contribution in [0.4, 0.5) is 0 Å². The van der Waals surface area contributed by atoms with Gasteiger partial charge in [0.25, 0.3) is 0 Å². The van der Waals surface area contributed by atoms with Crippen molar-refractivity contribution in [3.8, 4) is 16.9 Å². The Morgan fingerprint density at radius 2 is 1.75 bits per heavy atom. The van der Waals surface area contributed by atoms with Crippen molar-refractivity contribution in [2.45, 2.75) is 0 Å². The molecule has 0 spiro atoms. The van der Waals surface area contributed by atoms with Gasteiger partial charge in [0, 0.05) is 11.6 Å². The van der Waals surface area contributed by atoms with Crippen molar-refractivity contribution < 1.29 is 15.0 Å². The van der Waals surface area contributed by atoms with Gasteiger partial charge in [-0.15, -0.1) is 0 Å². The summed E-state index contributed by atoms with van der Waals surface area (Å²) >= 11 is 0. The largest absolute Gasteiger partial charge is 0.506 e. The van der Waals surface area contributed by atoms with E-state index >= 15 is 0 Å². The molecule has 1 aromatic heterocycles. The fourth-order valence-corrected chi connectivity index (χ4v) is 2.15. The smallest absolute Gasteiger partial charge is 0.335 e. The monoisotopic (exact) mass is 265 g/mol. The summed E-state index contributed by atoms with van der Waals surface area (Å²) in [5, 5.41) is 19.7. The van der Waals surface area contributed by atoms with Crippen molar-refractivity contribution >= 4 is 16.9 Å². The number of aromatic carboxylic acids is 1. The quantitative estimate of drug-likeness (QED) is 0.745. The van der Waals surface area contributed by atoms with Crippen LogP contribution in [-0.2, 0) is 0 Å². The minimum Gasteiger partial charge on any atom is -0.506 e. The van der Waals surface area contributed by atoms with Gasteiger partial charge in [-0.05, 0) is 41.5 Å². The molecule has 0 saturated carbocycles. The maximum absolute atomic E-state index is 10.8. The van der Waals surface area contributed by atoms with Crippen LogP contribution in [0.25, 0.3) is 22.0 Å². The zero-order valence-corrected chi connectivity index (χ0v) is 10.4. The molecule has 0 bridgehead atoms. The summed E-state index contributed by atoms with van der Waals surface area (Å²) in [6.07, 6.45) is 1.63. The first-order valence-electron chi connectivity index (χ1n) is 6.06. The van der Waals surface area contributed by atoms with Crippen molar-refractivity contribution in [2.24, 2.45) is 0 Å². The molecular weight excluding hydrogens is 254 g/mol. The molecule has 2 aromatic carbocycles. The SMILES string of the molecule is O=C(O)c1ccc(-c2cc(O)c3ncccc3c2)cc1. The second-order valence-corrected chi connectivity index (χ2v) is 4.45. The number of rotatable bonds is 2. The normalized spacial score (nSPS) is 10.6. The molecule has 4 heteroatoms. The summed E-state index contributed by atoms with van der Waals surface area (Å²) in [6.45, 7) is 0. The first-order valence-corrected chi connectivity index (χ1v) is 6.06. The van der Waals surface area contributed by atoms with E-state index in [0.29, 0.717) is 5.52 Å². The van der Waals surface area contributed by atoms with Gasteiger partial charge in [0.1, 0.15) is 11.3 Å². The van der Waals surface area contributed by atoms with E-state index in [4.69, 9.17) is 5.11 Å². The lowest BCUT2D eigenvalue weighted by Gasteiger charge is -2.06. The summed E-state index contributed by atoms with van der Waals surface area (Å²) in [5.74, 6) is -0.845. The summed E-state index contributed by atoms with van der Waals surface area (Å²) in [6, 6.07) is 13.8. The standard InChI is InChI=1S/C16H11NO3/c18-14-9-13(8-12-2-1-7-17-15(12)14)10-3-5-11(6-4-10)16(19)20/h1-9,18H,(H,19,20). The predicted molar refractivity (Wildman–Crippen MR) is 75.8 cm³/mol. The summed E-state index contributed by atoms with van der Waals surface area (Å²) in [7, 11) is 0. The third-order valence-electron chi connectivity index (χ3n) is 3.15. The van der Waals surface area contributed by atoms with E-state index in [-0.39, 0.29) is 11.3 Å². The first-order chi connectivity index (χ1) is 9.65. The maximum atomic E-state index is 10.8. The number of carboxylic acid groups (broad SMARTS) is 1. The third-order valence-corrected chi connectivity index (χ3v) is 3.15. The van der Waals surface area contributed by atoms with Crippen LogP contribution in [0.15, 0.2) is 54.7 Å². The van der Waals surface area contributed by atoms with Gasteiger partial charge in [0.15, 0.2) is 0 Å². The zero-order valence-electron chi connectivity index (χ0n) is 10.4. The molecule has 0 aliphatic rings. The van der Waals surface area contributed by atoms with Crippen molar-refractivity contribution in [3.63, 3.8) is 0 Å². The molecule has 0 aliphatic carbocycles. The Bertz CT molecular complexity index is 794. The summed E-state index contributed by atoms with van der Waals surface area (Å²) in [4.78, 5) is 15.0. The third kappa shape index (κ3) is 2.07. The molecule has 3 rings (SSSR count). The average molecular weight is 265 g/mol. The minimum atomic E-state index is -0.956. The van der Waals surface area contributed by atoms with E-state index < -0.39 is 5.97 Å². The molecule has 2 N–H and O–H groups in total. The lowest BCUT2D eigenvalue weighted by Crippen LogP contribution is -1.94. The number of aromatic nitrogens is 1. The molecule has 1 heterocycles. The van der Waals surface area contributed by atoms with Crippen LogP contribution in [0.2, 0.25) is 0 Å². The summed E-state index contributed by atoms with van der Waals surface area (Å²) in [5.41, 5.74) is 2.45. The van der Waals surface area contributed by atoms with Gasteiger partial charge < -0.3 is 10.2 Å². The first kappa shape index (κ1) is 12.2. The maximum Gasteiger partial charge on any atom is 0.335 e. The van der Waals surface area contributed by atoms with Crippen molar-refractivity contribution in [1.29, 1.82) is 0 Å². The van der Waals surface area contributed by atoms with Gasteiger partial charge in [-0.25, -0.2) is 4.79 Å². The number of aromatic hydroxyl groups is 1. The highest BCUT2D eigenvalue weighted by Crippen LogP contribution is 2.30. The van der Waals surface area contributed by atoms with E-state index in [2.05, 4.69) is 4.98 Å². The van der Waals surface area contributed by atoms with Crippen LogP contribution in [0.5, 0.6) is 5.75 Å². The molecule has 0 fully saturated rings. The van der Waals surface area contributed by atoms with Crippen LogP contribution in [0.1, 0.15) is 10.4 Å². The van der Waals surface area contributed by atoms with Gasteiger partial charge in [-0.1, -0.05) is 18.2 Å². The summed E-state index contributed by atoms with van der Waals surface area (Å²) < 4.78 is 0. The van der Waals surface area contributed by atoms with Gasteiger partial charge >= 0.3 is 5.97 Å². The van der Waals surface area contributed by atoms with Crippen LogP contribution in [-0.4, -0.2) is 21.2 Å². The van der Waals surface area contributed by atoms with Gasteiger partial charge in [-0.3, -0.25) is 4.98 Å². The number of phenols is 1. The molecule has 98 valence electrons. The van der Waals surface area contributed by atoms with E-state index in [1.807, 2.05) is 12.1 Å². The Hall–Kier alpha value is -2.88. The Labute approximate surface area is 115 Å². The second kappa shape index (κ2) is 4.66. The van der Waals surface area contributed by atoms with Crippen LogP contribution in [0.3, 0.4) is 0 Å². The highest BCUT2D eigenvalue weighted by molar-refractivity contribution is 5.91. The Morgan fingerprint density at radius 1 is 1.00 bits per heavy atom. The van der Waals surface area contributed by atoms with Crippen LogP contribution < -0.4 is 0 Å². The number of phenolic OH excluding ortho intramolecular Hbond substituents is 1. The van der Waals surface area contributed by atoms with Crippen molar-refractivity contribution in [2.75, 3.05) is 0 Å². The minimum absolute atomic E-state index is 0.111. The second-order valence-electron chi connectivity index (χ2n) is 4.45. The molecule has 0 saturated heterocycles. The lowest BCUT2D eigenvalue weighted by molar-refractivity contribution is 0.0697. The molecule has 20 heavy (non-hydrogen) atoms. The molecule has 0 atom stereocenters. The Kier molecular flexibility index (Phi) is 2.84. The highest BCUT2D eigenvalue weighted by atomic mass is 16.4. The Balaban J connectivity index is 2.12. The van der Waals surface area contributed by atoms with Gasteiger partial charge in [0.05, 0.1) is 5.56 Å². The number of carbonyl (C=O) groups is 1. The van der Waals surface area contributed by atoms with Crippen LogP contribution in [0, 0.1) is 0 Å². The molecule has 0 unspecified atom stereocenters. The molecule has 0 amide bonds. The van der Waals surface area contributed by atoms with Crippen molar-refractivity contribution in [3.05, 3.63) is 60.3 Å².